The van der Waals surface area contributed by atoms with Gasteiger partial charge in [-0.15, -0.1) is 11.3 Å². The third-order valence-corrected chi connectivity index (χ3v) is 3.81. The molecule has 0 unspecified atom stereocenters. The van der Waals surface area contributed by atoms with Crippen LogP contribution in [0.1, 0.15) is 10.6 Å². The molecular weight excluding hydrogens is 256 g/mol. The molecular formula is C15H14N2OS. The van der Waals surface area contributed by atoms with Crippen molar-refractivity contribution in [3.05, 3.63) is 47.0 Å². The van der Waals surface area contributed by atoms with Crippen LogP contribution in [0.25, 0.3) is 10.2 Å². The Morgan fingerprint density at radius 2 is 1.84 bits per heavy atom. The molecule has 3 aromatic rings. The highest BCUT2D eigenvalue weighted by atomic mass is 32.1. The first-order valence-corrected chi connectivity index (χ1v) is 6.84. The quantitative estimate of drug-likeness (QED) is 0.707. The maximum atomic E-state index is 6.03. The Hall–Kier alpha value is -2.07. The first-order valence-electron chi connectivity index (χ1n) is 6.03. The van der Waals surface area contributed by atoms with Gasteiger partial charge in [-0.05, 0) is 32.0 Å². The highest BCUT2D eigenvalue weighted by molar-refractivity contribution is 7.18. The van der Waals surface area contributed by atoms with Crippen LogP contribution in [-0.2, 0) is 0 Å². The van der Waals surface area contributed by atoms with Crippen molar-refractivity contribution < 1.29 is 4.74 Å². The Bertz CT molecular complexity index is 732. The minimum atomic E-state index is 0.636. The van der Waals surface area contributed by atoms with Crippen molar-refractivity contribution in [1.29, 1.82) is 0 Å². The summed E-state index contributed by atoms with van der Waals surface area (Å²) >= 11 is 1.64. The third-order valence-electron chi connectivity index (χ3n) is 2.88. The summed E-state index contributed by atoms with van der Waals surface area (Å²) in [6.07, 6.45) is 0. The molecule has 2 N–H and O–H groups in total. The molecule has 0 radical (unpaired) electrons. The van der Waals surface area contributed by atoms with Crippen LogP contribution in [0.3, 0.4) is 0 Å². The molecule has 0 aliphatic carbocycles. The van der Waals surface area contributed by atoms with E-state index in [2.05, 4.69) is 4.98 Å². The van der Waals surface area contributed by atoms with Crippen LogP contribution >= 0.6 is 11.3 Å². The number of benzene rings is 2. The molecule has 2 aromatic carbocycles. The van der Waals surface area contributed by atoms with Crippen LogP contribution in [-0.4, -0.2) is 4.98 Å². The molecule has 0 bridgehead atoms. The molecule has 0 amide bonds. The number of nitrogens with two attached hydrogens (primary N) is 1. The van der Waals surface area contributed by atoms with Crippen LogP contribution in [0.4, 0.5) is 5.69 Å². The van der Waals surface area contributed by atoms with Gasteiger partial charge in [0.05, 0.1) is 20.9 Å². The predicted octanol–water partition coefficient (Wildman–Crippen LogP) is 4.29. The summed E-state index contributed by atoms with van der Waals surface area (Å²) in [6, 6.07) is 11.7. The zero-order valence-corrected chi connectivity index (χ0v) is 11.6. The van der Waals surface area contributed by atoms with Crippen LogP contribution in [0, 0.1) is 13.8 Å². The number of nitrogen functional groups attached to an aromatic ring is 1. The summed E-state index contributed by atoms with van der Waals surface area (Å²) in [5, 5.41) is 1.03. The lowest BCUT2D eigenvalue weighted by molar-refractivity contribution is 0.485. The fourth-order valence-corrected chi connectivity index (χ4v) is 2.76. The second-order valence-corrected chi connectivity index (χ2v) is 5.74. The summed E-state index contributed by atoms with van der Waals surface area (Å²) < 4.78 is 6.91. The molecule has 3 rings (SSSR count). The largest absolute Gasteiger partial charge is 0.455 e. The SMILES string of the molecule is Cc1ccc(Oc2cc3nc(C)sc3cc2N)cc1. The first-order chi connectivity index (χ1) is 9.11. The Balaban J connectivity index is 1.99. The van der Waals surface area contributed by atoms with Crippen LogP contribution in [0.15, 0.2) is 36.4 Å². The highest BCUT2D eigenvalue weighted by Gasteiger charge is 2.08. The fraction of sp³-hybridized carbons (Fsp3) is 0.133. The highest BCUT2D eigenvalue weighted by Crippen LogP contribution is 2.34. The number of hydrogen-bond donors (Lipinski definition) is 1. The first kappa shape index (κ1) is 12.0. The second-order valence-electron chi connectivity index (χ2n) is 4.51. The van der Waals surface area contributed by atoms with Crippen molar-refractivity contribution >= 4 is 27.2 Å². The zero-order valence-electron chi connectivity index (χ0n) is 10.8. The lowest BCUT2D eigenvalue weighted by atomic mass is 10.2. The number of rotatable bonds is 2. The molecule has 1 aromatic heterocycles. The molecule has 3 nitrogen and oxygen atoms in total. The van der Waals surface area contributed by atoms with E-state index in [-0.39, 0.29) is 0 Å². The molecule has 0 atom stereocenters. The molecule has 4 heteroatoms. The number of nitrogens with zero attached hydrogens (tertiary/aromatic N) is 1. The standard InChI is InChI=1S/C15H14N2OS/c1-9-3-5-11(6-4-9)18-14-8-13-15(7-12(14)16)19-10(2)17-13/h3-8H,16H2,1-2H3. The van der Waals surface area contributed by atoms with Crippen LogP contribution in [0.5, 0.6) is 11.5 Å². The second kappa shape index (κ2) is 4.55. The van der Waals surface area contributed by atoms with Gasteiger partial charge >= 0.3 is 0 Å². The topological polar surface area (TPSA) is 48.1 Å². The number of fused-ring (bicyclic) bond motifs is 1. The number of anilines is 1. The number of aromatic nitrogens is 1. The summed E-state index contributed by atoms with van der Waals surface area (Å²) in [5.41, 5.74) is 8.79. The number of aryl methyl sites for hydroxylation is 2. The van der Waals surface area contributed by atoms with Gasteiger partial charge in [0.1, 0.15) is 5.75 Å². The van der Waals surface area contributed by atoms with Crippen molar-refractivity contribution in [3.8, 4) is 11.5 Å². The van der Waals surface area contributed by atoms with Gasteiger partial charge in [0.2, 0.25) is 0 Å². The Kier molecular flexibility index (Phi) is 2.87. The summed E-state index contributed by atoms with van der Waals surface area (Å²) in [4.78, 5) is 4.45. The van der Waals surface area contributed by atoms with Gasteiger partial charge in [-0.1, -0.05) is 17.7 Å². The predicted molar refractivity (Wildman–Crippen MR) is 80.0 cm³/mol. The van der Waals surface area contributed by atoms with Gasteiger partial charge in [0, 0.05) is 6.07 Å². The molecule has 0 aliphatic rings. The molecule has 1 heterocycles. The molecule has 19 heavy (non-hydrogen) atoms. The molecule has 0 fully saturated rings. The van der Waals surface area contributed by atoms with Crippen LogP contribution in [0.2, 0.25) is 0 Å². The lowest BCUT2D eigenvalue weighted by Gasteiger charge is -2.08. The third kappa shape index (κ3) is 2.39. The fourth-order valence-electron chi connectivity index (χ4n) is 1.91. The maximum Gasteiger partial charge on any atom is 0.152 e. The normalized spacial score (nSPS) is 10.8. The van der Waals surface area contributed by atoms with Gasteiger partial charge in [0.25, 0.3) is 0 Å². The minimum absolute atomic E-state index is 0.636. The average molecular weight is 270 g/mol. The summed E-state index contributed by atoms with van der Waals surface area (Å²) in [7, 11) is 0. The summed E-state index contributed by atoms with van der Waals surface area (Å²) in [6.45, 7) is 4.03. The van der Waals surface area contributed by atoms with E-state index >= 15 is 0 Å². The maximum absolute atomic E-state index is 6.03. The molecule has 96 valence electrons. The van der Waals surface area contributed by atoms with E-state index in [0.717, 1.165) is 21.0 Å². The van der Waals surface area contributed by atoms with E-state index in [1.807, 2.05) is 50.2 Å². The number of thiazole rings is 1. The average Bonchev–Trinajstić information content (AvgIpc) is 2.72. The van der Waals surface area contributed by atoms with Gasteiger partial charge in [0.15, 0.2) is 5.75 Å². The Morgan fingerprint density at radius 1 is 1.11 bits per heavy atom. The zero-order chi connectivity index (χ0) is 13.4. The van der Waals surface area contributed by atoms with E-state index < -0.39 is 0 Å². The van der Waals surface area contributed by atoms with E-state index in [1.165, 1.54) is 5.56 Å². The van der Waals surface area contributed by atoms with Crippen molar-refractivity contribution in [2.75, 3.05) is 5.73 Å². The van der Waals surface area contributed by atoms with E-state index in [4.69, 9.17) is 10.5 Å². The van der Waals surface area contributed by atoms with Gasteiger partial charge in [-0.3, -0.25) is 0 Å². The van der Waals surface area contributed by atoms with Crippen molar-refractivity contribution in [2.24, 2.45) is 0 Å². The van der Waals surface area contributed by atoms with Gasteiger partial charge in [-0.25, -0.2) is 4.98 Å². The Labute approximate surface area is 115 Å². The molecule has 0 aliphatic heterocycles. The van der Waals surface area contributed by atoms with Crippen molar-refractivity contribution in [3.63, 3.8) is 0 Å². The molecule has 0 saturated carbocycles. The summed E-state index contributed by atoms with van der Waals surface area (Å²) in [5.74, 6) is 1.44. The van der Waals surface area contributed by atoms with E-state index in [0.29, 0.717) is 11.4 Å². The van der Waals surface area contributed by atoms with E-state index in [9.17, 15) is 0 Å². The number of ether oxygens (including phenoxy) is 1. The number of hydrogen-bond acceptors (Lipinski definition) is 4. The Morgan fingerprint density at radius 3 is 2.58 bits per heavy atom. The monoisotopic (exact) mass is 270 g/mol. The van der Waals surface area contributed by atoms with Crippen molar-refractivity contribution in [2.45, 2.75) is 13.8 Å². The molecule has 0 saturated heterocycles. The van der Waals surface area contributed by atoms with Crippen molar-refractivity contribution in [1.82, 2.24) is 4.98 Å². The van der Waals surface area contributed by atoms with Gasteiger partial charge < -0.3 is 10.5 Å². The smallest absolute Gasteiger partial charge is 0.152 e. The van der Waals surface area contributed by atoms with Gasteiger partial charge in [-0.2, -0.15) is 0 Å². The lowest BCUT2D eigenvalue weighted by Crippen LogP contribution is -1.92. The minimum Gasteiger partial charge on any atom is -0.455 e. The van der Waals surface area contributed by atoms with E-state index in [1.54, 1.807) is 11.3 Å². The molecule has 0 spiro atoms. The van der Waals surface area contributed by atoms with Crippen LogP contribution < -0.4 is 10.5 Å².